The topological polar surface area (TPSA) is 70.6 Å². The van der Waals surface area contributed by atoms with Crippen LogP contribution in [0, 0.1) is 0 Å². The summed E-state index contributed by atoms with van der Waals surface area (Å²) >= 11 is 0. The molecule has 1 aromatic rings. The van der Waals surface area contributed by atoms with Gasteiger partial charge in [0.05, 0.1) is 12.1 Å². The number of alkyl halides is 2. The molecule has 5 nitrogen and oxygen atoms in total. The highest BCUT2D eigenvalue weighted by Gasteiger charge is 2.21. The van der Waals surface area contributed by atoms with Crippen molar-refractivity contribution in [3.63, 3.8) is 0 Å². The van der Waals surface area contributed by atoms with Gasteiger partial charge in [0.15, 0.2) is 0 Å². The number of benzene rings is 1. The van der Waals surface area contributed by atoms with Crippen LogP contribution in [-0.2, 0) is 4.79 Å². The minimum Gasteiger partial charge on any atom is -0.435 e. The van der Waals surface area contributed by atoms with Crippen LogP contribution in [0.1, 0.15) is 30.9 Å². The van der Waals surface area contributed by atoms with Gasteiger partial charge in [0.25, 0.3) is 0 Å². The number of hydrogen-bond acceptors (Lipinski definition) is 4. The van der Waals surface area contributed by atoms with E-state index >= 15 is 0 Å². The van der Waals surface area contributed by atoms with Gasteiger partial charge in [0, 0.05) is 6.54 Å². The van der Waals surface area contributed by atoms with Crippen molar-refractivity contribution in [1.29, 1.82) is 0 Å². The zero-order valence-corrected chi connectivity index (χ0v) is 12.1. The molecule has 3 N–H and O–H groups in total. The van der Waals surface area contributed by atoms with Gasteiger partial charge in [-0.3, -0.25) is 4.79 Å². The molecule has 2 rings (SSSR count). The first-order valence-corrected chi connectivity index (χ1v) is 7.30. The molecule has 0 saturated carbocycles. The molecule has 1 aliphatic rings. The summed E-state index contributed by atoms with van der Waals surface area (Å²) in [5.74, 6) is -0.0993. The summed E-state index contributed by atoms with van der Waals surface area (Å²) in [5, 5.41) is 15.8. The number of carbonyl (C=O) groups is 1. The van der Waals surface area contributed by atoms with Crippen LogP contribution < -0.4 is 15.4 Å². The van der Waals surface area contributed by atoms with E-state index in [4.69, 9.17) is 0 Å². The maximum atomic E-state index is 12.0. The molecular formula is C15H20F2N2O3. The van der Waals surface area contributed by atoms with E-state index < -0.39 is 12.7 Å². The first kappa shape index (κ1) is 16.6. The molecule has 0 aromatic heterocycles. The Labute approximate surface area is 127 Å². The van der Waals surface area contributed by atoms with Crippen molar-refractivity contribution in [1.82, 2.24) is 10.6 Å². The Balaban J connectivity index is 1.81. The van der Waals surface area contributed by atoms with E-state index in [1.165, 1.54) is 24.3 Å². The Morgan fingerprint density at radius 3 is 2.68 bits per heavy atom. The zero-order valence-electron chi connectivity index (χ0n) is 12.1. The molecule has 1 amide bonds. The lowest BCUT2D eigenvalue weighted by Gasteiger charge is -2.23. The average molecular weight is 314 g/mol. The molecule has 122 valence electrons. The number of hydrogen-bond donors (Lipinski definition) is 3. The van der Waals surface area contributed by atoms with Crippen molar-refractivity contribution in [2.24, 2.45) is 0 Å². The Hall–Kier alpha value is -1.73. The quantitative estimate of drug-likeness (QED) is 0.745. The highest BCUT2D eigenvalue weighted by Crippen LogP contribution is 2.19. The summed E-state index contributed by atoms with van der Waals surface area (Å²) in [5.41, 5.74) is 0.526. The number of aliphatic hydroxyl groups is 1. The summed E-state index contributed by atoms with van der Waals surface area (Å²) in [7, 11) is 0. The minimum absolute atomic E-state index is 0.0291. The van der Waals surface area contributed by atoms with Crippen molar-refractivity contribution < 1.29 is 23.4 Å². The van der Waals surface area contributed by atoms with Crippen LogP contribution in [0.25, 0.3) is 0 Å². The maximum absolute atomic E-state index is 12.0. The van der Waals surface area contributed by atoms with Gasteiger partial charge in [0.2, 0.25) is 5.91 Å². The van der Waals surface area contributed by atoms with Crippen LogP contribution >= 0.6 is 0 Å². The lowest BCUT2D eigenvalue weighted by Crippen LogP contribution is -2.47. The Bertz CT molecular complexity index is 476. The summed E-state index contributed by atoms with van der Waals surface area (Å²) in [6.07, 6.45) is 1.98. The predicted octanol–water partition coefficient (Wildman–Crippen LogP) is 1.58. The highest BCUT2D eigenvalue weighted by atomic mass is 19.3. The zero-order chi connectivity index (χ0) is 15.9. The normalized spacial score (nSPS) is 19.7. The maximum Gasteiger partial charge on any atom is 0.387 e. The van der Waals surface area contributed by atoms with Gasteiger partial charge in [-0.25, -0.2) is 0 Å². The van der Waals surface area contributed by atoms with Crippen LogP contribution in [0.4, 0.5) is 8.78 Å². The van der Waals surface area contributed by atoms with E-state index in [9.17, 15) is 18.7 Å². The van der Waals surface area contributed by atoms with Crippen molar-refractivity contribution in [3.8, 4) is 5.75 Å². The fraction of sp³-hybridized carbons (Fsp3) is 0.533. The van der Waals surface area contributed by atoms with Gasteiger partial charge >= 0.3 is 6.61 Å². The molecule has 0 bridgehead atoms. The number of carbonyl (C=O) groups excluding carboxylic acids is 1. The lowest BCUT2D eigenvalue weighted by atomic mass is 10.0. The monoisotopic (exact) mass is 314 g/mol. The summed E-state index contributed by atoms with van der Waals surface area (Å²) < 4.78 is 28.3. The minimum atomic E-state index is -2.88. The van der Waals surface area contributed by atoms with E-state index in [0.29, 0.717) is 5.56 Å². The van der Waals surface area contributed by atoms with Crippen molar-refractivity contribution >= 4 is 5.91 Å². The van der Waals surface area contributed by atoms with Crippen molar-refractivity contribution in [2.45, 2.75) is 38.0 Å². The third-order valence-electron chi connectivity index (χ3n) is 3.59. The number of ether oxygens (including phenoxy) is 1. The van der Waals surface area contributed by atoms with Gasteiger partial charge in [-0.15, -0.1) is 0 Å². The first-order chi connectivity index (χ1) is 10.6. The third-order valence-corrected chi connectivity index (χ3v) is 3.59. The second kappa shape index (κ2) is 8.05. The van der Waals surface area contributed by atoms with Crippen LogP contribution in [0.2, 0.25) is 0 Å². The van der Waals surface area contributed by atoms with Gasteiger partial charge in [-0.1, -0.05) is 18.6 Å². The summed E-state index contributed by atoms with van der Waals surface area (Å²) in [4.78, 5) is 11.9. The van der Waals surface area contributed by atoms with E-state index in [0.717, 1.165) is 25.8 Å². The molecule has 1 aliphatic heterocycles. The molecule has 1 aromatic carbocycles. The number of rotatable bonds is 6. The fourth-order valence-electron chi connectivity index (χ4n) is 2.39. The first-order valence-electron chi connectivity index (χ1n) is 7.30. The molecule has 1 fully saturated rings. The van der Waals surface area contributed by atoms with E-state index in [-0.39, 0.29) is 24.2 Å². The van der Waals surface area contributed by atoms with Gasteiger partial charge in [-0.05, 0) is 37.1 Å². The molecule has 22 heavy (non-hydrogen) atoms. The van der Waals surface area contributed by atoms with Crippen LogP contribution in [0.3, 0.4) is 0 Å². The molecule has 0 radical (unpaired) electrons. The standard InChI is InChI=1S/C15H20F2N2O3/c16-15(17)22-11-6-4-10(5-7-11)13(20)9-19-14(21)12-3-1-2-8-18-12/h4-7,12-13,15,18,20H,1-3,8-9H2,(H,19,21). The second-order valence-corrected chi connectivity index (χ2v) is 5.21. The molecule has 0 spiro atoms. The second-order valence-electron chi connectivity index (χ2n) is 5.21. The van der Waals surface area contributed by atoms with Gasteiger partial charge in [-0.2, -0.15) is 8.78 Å². The number of halogens is 2. The Morgan fingerprint density at radius 1 is 1.36 bits per heavy atom. The predicted molar refractivity (Wildman–Crippen MR) is 76.7 cm³/mol. The average Bonchev–Trinajstić information content (AvgIpc) is 2.53. The third kappa shape index (κ3) is 4.92. The lowest BCUT2D eigenvalue weighted by molar-refractivity contribution is -0.124. The van der Waals surface area contributed by atoms with E-state index in [2.05, 4.69) is 15.4 Å². The van der Waals surface area contributed by atoms with E-state index in [1.807, 2.05) is 0 Å². The molecule has 1 saturated heterocycles. The fourth-order valence-corrected chi connectivity index (χ4v) is 2.39. The Morgan fingerprint density at radius 2 is 2.09 bits per heavy atom. The number of piperidine rings is 1. The van der Waals surface area contributed by atoms with Crippen molar-refractivity contribution in [3.05, 3.63) is 29.8 Å². The number of amides is 1. The highest BCUT2D eigenvalue weighted by molar-refractivity contribution is 5.81. The van der Waals surface area contributed by atoms with E-state index in [1.54, 1.807) is 0 Å². The van der Waals surface area contributed by atoms with Crippen LogP contribution in [0.5, 0.6) is 5.75 Å². The SMILES string of the molecule is O=C(NCC(O)c1ccc(OC(F)F)cc1)C1CCCCN1. The van der Waals surface area contributed by atoms with Crippen LogP contribution in [0.15, 0.2) is 24.3 Å². The number of aliphatic hydroxyl groups excluding tert-OH is 1. The van der Waals surface area contributed by atoms with Crippen molar-refractivity contribution in [2.75, 3.05) is 13.1 Å². The summed E-state index contributed by atoms with van der Waals surface area (Å²) in [6, 6.07) is 5.49. The smallest absolute Gasteiger partial charge is 0.387 e. The molecule has 2 unspecified atom stereocenters. The van der Waals surface area contributed by atoms with Gasteiger partial charge in [0.1, 0.15) is 5.75 Å². The Kier molecular flexibility index (Phi) is 6.09. The molecule has 0 aliphatic carbocycles. The molecular weight excluding hydrogens is 294 g/mol. The summed E-state index contributed by atoms with van der Waals surface area (Å²) in [6.45, 7) is -1.98. The molecule has 1 heterocycles. The molecule has 7 heteroatoms. The molecule has 2 atom stereocenters. The van der Waals surface area contributed by atoms with Crippen LogP contribution in [-0.4, -0.2) is 36.8 Å². The largest absolute Gasteiger partial charge is 0.435 e. The van der Waals surface area contributed by atoms with Gasteiger partial charge < -0.3 is 20.5 Å². The number of nitrogens with one attached hydrogen (secondary N) is 2.